The predicted molar refractivity (Wildman–Crippen MR) is 101 cm³/mol. The molecule has 0 aromatic heterocycles. The van der Waals surface area contributed by atoms with Gasteiger partial charge in [0.2, 0.25) is 0 Å². The van der Waals surface area contributed by atoms with Gasteiger partial charge in [0.15, 0.2) is 0 Å². The van der Waals surface area contributed by atoms with Crippen LogP contribution in [0.15, 0.2) is 0 Å². The van der Waals surface area contributed by atoms with E-state index in [1.54, 1.807) is 0 Å². The van der Waals surface area contributed by atoms with Crippen molar-refractivity contribution >= 4 is 0 Å². The average Bonchev–Trinajstić information content (AvgIpc) is 3.04. The molecule has 1 N–H and O–H groups in total. The first-order chi connectivity index (χ1) is 10.9. The molecule has 0 aromatic carbocycles. The molecule has 0 spiro atoms. The summed E-state index contributed by atoms with van der Waals surface area (Å²) >= 11 is 0. The monoisotopic (exact) mass is 309 g/mol. The highest BCUT2D eigenvalue weighted by Gasteiger charge is 2.12. The zero-order chi connectivity index (χ0) is 15.7. The SMILES string of the molecule is CCCCCCCCCCCCCCCCNC1CCCC1. The van der Waals surface area contributed by atoms with Crippen LogP contribution in [0.3, 0.4) is 0 Å². The molecule has 1 rings (SSSR count). The van der Waals surface area contributed by atoms with Gasteiger partial charge in [0.05, 0.1) is 0 Å². The second-order valence-corrected chi connectivity index (χ2v) is 7.53. The predicted octanol–water partition coefficient (Wildman–Crippen LogP) is 7.00. The molecule has 1 aliphatic rings. The summed E-state index contributed by atoms with van der Waals surface area (Å²) in [4.78, 5) is 0. The molecule has 1 heteroatoms. The Morgan fingerprint density at radius 3 is 1.45 bits per heavy atom. The first kappa shape index (κ1) is 20.0. The summed E-state index contributed by atoms with van der Waals surface area (Å²) in [5, 5.41) is 3.72. The van der Waals surface area contributed by atoms with Crippen molar-refractivity contribution < 1.29 is 0 Å². The van der Waals surface area contributed by atoms with E-state index in [1.807, 2.05) is 0 Å². The minimum atomic E-state index is 0.863. The summed E-state index contributed by atoms with van der Waals surface area (Å²) < 4.78 is 0. The van der Waals surface area contributed by atoms with Crippen molar-refractivity contribution in [1.29, 1.82) is 0 Å². The quantitative estimate of drug-likeness (QED) is 0.303. The second-order valence-electron chi connectivity index (χ2n) is 7.53. The molecule has 1 aliphatic carbocycles. The van der Waals surface area contributed by atoms with Gasteiger partial charge in [0.25, 0.3) is 0 Å². The summed E-state index contributed by atoms with van der Waals surface area (Å²) in [5.41, 5.74) is 0. The number of unbranched alkanes of at least 4 members (excludes halogenated alkanes) is 13. The minimum Gasteiger partial charge on any atom is -0.314 e. The van der Waals surface area contributed by atoms with Gasteiger partial charge < -0.3 is 5.32 Å². The van der Waals surface area contributed by atoms with Gasteiger partial charge in [-0.1, -0.05) is 103 Å². The molecule has 0 saturated heterocycles. The van der Waals surface area contributed by atoms with Gasteiger partial charge >= 0.3 is 0 Å². The van der Waals surface area contributed by atoms with Crippen LogP contribution < -0.4 is 5.32 Å². The van der Waals surface area contributed by atoms with E-state index in [9.17, 15) is 0 Å². The lowest BCUT2D eigenvalue weighted by atomic mass is 10.0. The third-order valence-electron chi connectivity index (χ3n) is 5.32. The van der Waals surface area contributed by atoms with E-state index in [1.165, 1.54) is 122 Å². The van der Waals surface area contributed by atoms with E-state index in [2.05, 4.69) is 12.2 Å². The van der Waals surface area contributed by atoms with Gasteiger partial charge in [-0.25, -0.2) is 0 Å². The summed E-state index contributed by atoms with van der Waals surface area (Å²) in [6, 6.07) is 0.863. The Morgan fingerprint density at radius 1 is 0.591 bits per heavy atom. The molecule has 1 saturated carbocycles. The third-order valence-corrected chi connectivity index (χ3v) is 5.32. The molecule has 1 nitrogen and oxygen atoms in total. The maximum atomic E-state index is 3.72. The molecular formula is C21H43N. The molecule has 0 amide bonds. The van der Waals surface area contributed by atoms with Crippen molar-refractivity contribution in [2.75, 3.05) is 6.54 Å². The van der Waals surface area contributed by atoms with Gasteiger partial charge in [-0.2, -0.15) is 0 Å². The van der Waals surface area contributed by atoms with Crippen molar-refractivity contribution in [3.63, 3.8) is 0 Å². The Labute approximate surface area is 141 Å². The molecule has 0 heterocycles. The van der Waals surface area contributed by atoms with Crippen molar-refractivity contribution in [2.45, 2.75) is 129 Å². The smallest absolute Gasteiger partial charge is 0.00670 e. The van der Waals surface area contributed by atoms with Crippen molar-refractivity contribution in [3.05, 3.63) is 0 Å². The van der Waals surface area contributed by atoms with E-state index >= 15 is 0 Å². The number of nitrogens with one attached hydrogen (secondary N) is 1. The van der Waals surface area contributed by atoms with Gasteiger partial charge in [0, 0.05) is 6.04 Å². The lowest BCUT2D eigenvalue weighted by Gasteiger charge is -2.11. The van der Waals surface area contributed by atoms with Crippen LogP contribution in [0.4, 0.5) is 0 Å². The second kappa shape index (κ2) is 15.8. The van der Waals surface area contributed by atoms with Gasteiger partial charge in [-0.05, 0) is 25.8 Å². The summed E-state index contributed by atoms with van der Waals surface area (Å²) in [6.45, 7) is 3.56. The lowest BCUT2D eigenvalue weighted by molar-refractivity contribution is 0.492. The largest absolute Gasteiger partial charge is 0.314 e. The number of hydrogen-bond donors (Lipinski definition) is 1. The summed E-state index contributed by atoms with van der Waals surface area (Å²) in [5.74, 6) is 0. The standard InChI is InChI=1S/C21H43N/c1-2-3-4-5-6-7-8-9-10-11-12-13-14-17-20-22-21-18-15-16-19-21/h21-22H,2-20H2,1H3. The lowest BCUT2D eigenvalue weighted by Crippen LogP contribution is -2.26. The zero-order valence-corrected chi connectivity index (χ0v) is 15.5. The van der Waals surface area contributed by atoms with Gasteiger partial charge in [0.1, 0.15) is 0 Å². The highest BCUT2D eigenvalue weighted by Crippen LogP contribution is 2.17. The highest BCUT2D eigenvalue weighted by atomic mass is 14.9. The fourth-order valence-electron chi connectivity index (χ4n) is 3.76. The molecular weight excluding hydrogens is 266 g/mol. The van der Waals surface area contributed by atoms with Gasteiger partial charge in [-0.15, -0.1) is 0 Å². The minimum absolute atomic E-state index is 0.863. The molecule has 0 unspecified atom stereocenters. The molecule has 0 aromatic rings. The first-order valence-corrected chi connectivity index (χ1v) is 10.7. The molecule has 1 fully saturated rings. The molecule has 0 atom stereocenters. The van der Waals surface area contributed by atoms with Crippen LogP contribution in [-0.2, 0) is 0 Å². The Balaban J connectivity index is 1.64. The normalized spacial score (nSPS) is 15.7. The topological polar surface area (TPSA) is 12.0 Å². The first-order valence-electron chi connectivity index (χ1n) is 10.7. The Hall–Kier alpha value is -0.0400. The Kier molecular flexibility index (Phi) is 14.4. The summed E-state index contributed by atoms with van der Waals surface area (Å²) in [7, 11) is 0. The number of rotatable bonds is 16. The van der Waals surface area contributed by atoms with E-state index in [-0.39, 0.29) is 0 Å². The third kappa shape index (κ3) is 12.5. The van der Waals surface area contributed by atoms with Crippen LogP contribution in [0.1, 0.15) is 122 Å². The fraction of sp³-hybridized carbons (Fsp3) is 1.00. The van der Waals surface area contributed by atoms with E-state index in [4.69, 9.17) is 0 Å². The van der Waals surface area contributed by atoms with Crippen molar-refractivity contribution in [2.24, 2.45) is 0 Å². The van der Waals surface area contributed by atoms with E-state index in [0.717, 1.165) is 6.04 Å². The molecule has 0 aliphatic heterocycles. The van der Waals surface area contributed by atoms with E-state index in [0.29, 0.717) is 0 Å². The van der Waals surface area contributed by atoms with Crippen LogP contribution in [0.5, 0.6) is 0 Å². The molecule has 0 bridgehead atoms. The summed E-state index contributed by atoms with van der Waals surface area (Å²) in [6.07, 6.45) is 26.2. The Bertz CT molecular complexity index is 208. The van der Waals surface area contributed by atoms with Crippen molar-refractivity contribution in [3.8, 4) is 0 Å². The Morgan fingerprint density at radius 2 is 1.00 bits per heavy atom. The van der Waals surface area contributed by atoms with E-state index < -0.39 is 0 Å². The van der Waals surface area contributed by atoms with Crippen LogP contribution in [0, 0.1) is 0 Å². The van der Waals surface area contributed by atoms with Crippen molar-refractivity contribution in [1.82, 2.24) is 5.32 Å². The van der Waals surface area contributed by atoms with Crippen LogP contribution >= 0.6 is 0 Å². The average molecular weight is 310 g/mol. The maximum Gasteiger partial charge on any atom is 0.00670 e. The highest BCUT2D eigenvalue weighted by molar-refractivity contribution is 4.73. The maximum absolute atomic E-state index is 3.72. The molecule has 132 valence electrons. The fourth-order valence-corrected chi connectivity index (χ4v) is 3.76. The number of hydrogen-bond acceptors (Lipinski definition) is 1. The zero-order valence-electron chi connectivity index (χ0n) is 15.5. The van der Waals surface area contributed by atoms with Gasteiger partial charge in [-0.3, -0.25) is 0 Å². The van der Waals surface area contributed by atoms with Crippen LogP contribution in [-0.4, -0.2) is 12.6 Å². The molecule has 0 radical (unpaired) electrons. The van der Waals surface area contributed by atoms with Crippen LogP contribution in [0.25, 0.3) is 0 Å². The van der Waals surface area contributed by atoms with Crippen LogP contribution in [0.2, 0.25) is 0 Å². The molecule has 22 heavy (non-hydrogen) atoms.